The van der Waals surface area contributed by atoms with Crippen molar-refractivity contribution in [1.82, 2.24) is 9.99 Å². The van der Waals surface area contributed by atoms with Crippen molar-refractivity contribution in [2.24, 2.45) is 10.8 Å². The summed E-state index contributed by atoms with van der Waals surface area (Å²) in [5.74, 6) is 0. The topological polar surface area (TPSA) is 55.3 Å². The summed E-state index contributed by atoms with van der Waals surface area (Å²) in [6.45, 7) is 4.17. The molecule has 0 fully saturated rings. The minimum absolute atomic E-state index is 0.157. The average molecular weight is 322 g/mol. The van der Waals surface area contributed by atoms with E-state index in [1.54, 1.807) is 6.21 Å². The smallest absolute Gasteiger partial charge is 0.184 e. The number of hydrogen-bond acceptors (Lipinski definition) is 2. The standard InChI is InChI=1S/C18H18N4S/c1-12-10-15(11-20-21-18(19)23)13(2)22(12)17-9-5-7-14-6-3-4-8-16(14)17/h3-11H,1-2H3,(H3,19,21,23). The van der Waals surface area contributed by atoms with Crippen LogP contribution in [0.15, 0.2) is 53.6 Å². The maximum absolute atomic E-state index is 5.38. The lowest BCUT2D eigenvalue weighted by Crippen LogP contribution is -2.24. The SMILES string of the molecule is Cc1cc(C=NNC(N)=S)c(C)n1-c1cccc2ccccc12. The van der Waals surface area contributed by atoms with Gasteiger partial charge >= 0.3 is 0 Å². The second-order valence-electron chi connectivity index (χ2n) is 5.39. The third-order valence-corrected chi connectivity index (χ3v) is 3.95. The highest BCUT2D eigenvalue weighted by Crippen LogP contribution is 2.26. The van der Waals surface area contributed by atoms with E-state index < -0.39 is 0 Å². The predicted molar refractivity (Wildman–Crippen MR) is 100 cm³/mol. The summed E-state index contributed by atoms with van der Waals surface area (Å²) in [6, 6.07) is 16.8. The van der Waals surface area contributed by atoms with Gasteiger partial charge in [-0.05, 0) is 43.6 Å². The maximum Gasteiger partial charge on any atom is 0.184 e. The summed E-state index contributed by atoms with van der Waals surface area (Å²) >= 11 is 4.75. The molecular formula is C18H18N4S. The average Bonchev–Trinajstić information content (AvgIpc) is 2.81. The van der Waals surface area contributed by atoms with Crippen molar-refractivity contribution in [3.05, 3.63) is 65.5 Å². The van der Waals surface area contributed by atoms with E-state index in [1.807, 2.05) is 0 Å². The van der Waals surface area contributed by atoms with Gasteiger partial charge in [-0.15, -0.1) is 0 Å². The van der Waals surface area contributed by atoms with Crippen LogP contribution < -0.4 is 11.2 Å². The lowest BCUT2D eigenvalue weighted by Gasteiger charge is -2.12. The van der Waals surface area contributed by atoms with Gasteiger partial charge in [-0.3, -0.25) is 5.43 Å². The third kappa shape index (κ3) is 2.96. The zero-order valence-corrected chi connectivity index (χ0v) is 13.9. The van der Waals surface area contributed by atoms with E-state index in [0.29, 0.717) is 0 Å². The zero-order chi connectivity index (χ0) is 16.4. The van der Waals surface area contributed by atoms with Crippen molar-refractivity contribution in [2.75, 3.05) is 0 Å². The molecular weight excluding hydrogens is 304 g/mol. The first-order valence-corrected chi connectivity index (χ1v) is 7.74. The number of hydrogen-bond donors (Lipinski definition) is 2. The molecule has 0 saturated heterocycles. The second kappa shape index (κ2) is 6.22. The van der Waals surface area contributed by atoms with Gasteiger partial charge in [0.1, 0.15) is 0 Å². The van der Waals surface area contributed by atoms with Crippen molar-refractivity contribution >= 4 is 34.3 Å². The van der Waals surface area contributed by atoms with Crippen molar-refractivity contribution in [2.45, 2.75) is 13.8 Å². The van der Waals surface area contributed by atoms with Crippen molar-refractivity contribution < 1.29 is 0 Å². The first-order valence-electron chi connectivity index (χ1n) is 7.33. The molecule has 0 spiro atoms. The van der Waals surface area contributed by atoms with Crippen LogP contribution in [0.25, 0.3) is 16.5 Å². The Morgan fingerprint density at radius 3 is 2.70 bits per heavy atom. The molecule has 4 nitrogen and oxygen atoms in total. The summed E-state index contributed by atoms with van der Waals surface area (Å²) in [5.41, 5.74) is 12.4. The lowest BCUT2D eigenvalue weighted by molar-refractivity contribution is 0.972. The van der Waals surface area contributed by atoms with Crippen LogP contribution in [0.4, 0.5) is 0 Å². The molecule has 116 valence electrons. The molecule has 0 aliphatic rings. The Bertz CT molecular complexity index is 903. The van der Waals surface area contributed by atoms with Gasteiger partial charge in [0.25, 0.3) is 0 Å². The number of thiocarbonyl (C=S) groups is 1. The number of nitrogens with two attached hydrogens (primary N) is 1. The van der Waals surface area contributed by atoms with Crippen LogP contribution in [0.1, 0.15) is 17.0 Å². The fourth-order valence-corrected chi connectivity index (χ4v) is 2.91. The number of hydrazone groups is 1. The fraction of sp³-hybridized carbons (Fsp3) is 0.111. The first kappa shape index (κ1) is 15.2. The molecule has 1 aromatic heterocycles. The Kier molecular flexibility index (Phi) is 4.12. The molecule has 0 aliphatic heterocycles. The molecule has 2 aromatic carbocycles. The van der Waals surface area contributed by atoms with E-state index in [1.165, 1.54) is 16.5 Å². The van der Waals surface area contributed by atoms with Gasteiger partial charge < -0.3 is 10.3 Å². The number of rotatable bonds is 3. The molecule has 0 radical (unpaired) electrons. The zero-order valence-electron chi connectivity index (χ0n) is 13.1. The number of nitrogens with one attached hydrogen (secondary N) is 1. The molecule has 0 unspecified atom stereocenters. The van der Waals surface area contributed by atoms with Gasteiger partial charge in [0.2, 0.25) is 0 Å². The van der Waals surface area contributed by atoms with Gasteiger partial charge in [-0.25, -0.2) is 0 Å². The van der Waals surface area contributed by atoms with Crippen LogP contribution in [0.3, 0.4) is 0 Å². The molecule has 0 amide bonds. The second-order valence-corrected chi connectivity index (χ2v) is 5.83. The van der Waals surface area contributed by atoms with Crippen LogP contribution in [0, 0.1) is 13.8 Å². The van der Waals surface area contributed by atoms with Crippen molar-refractivity contribution in [3.8, 4) is 5.69 Å². The summed E-state index contributed by atoms with van der Waals surface area (Å²) in [7, 11) is 0. The molecule has 1 heterocycles. The number of fused-ring (bicyclic) bond motifs is 1. The Morgan fingerprint density at radius 1 is 1.17 bits per heavy atom. The number of aromatic nitrogens is 1. The monoisotopic (exact) mass is 322 g/mol. The van der Waals surface area contributed by atoms with Crippen molar-refractivity contribution in [1.29, 1.82) is 0 Å². The summed E-state index contributed by atoms with van der Waals surface area (Å²) in [4.78, 5) is 0. The molecule has 0 bridgehead atoms. The van der Waals surface area contributed by atoms with Crippen LogP contribution in [-0.4, -0.2) is 15.9 Å². The number of aryl methyl sites for hydroxylation is 1. The summed E-state index contributed by atoms with van der Waals surface area (Å²) in [6.07, 6.45) is 1.74. The van der Waals surface area contributed by atoms with Gasteiger partial charge in [0.15, 0.2) is 5.11 Å². The van der Waals surface area contributed by atoms with Gasteiger partial charge in [-0.2, -0.15) is 5.10 Å². The highest BCUT2D eigenvalue weighted by atomic mass is 32.1. The van der Waals surface area contributed by atoms with Crippen LogP contribution in [0.2, 0.25) is 0 Å². The molecule has 0 atom stereocenters. The van der Waals surface area contributed by atoms with Gasteiger partial charge in [-0.1, -0.05) is 36.4 Å². The molecule has 3 aromatic rings. The molecule has 5 heteroatoms. The maximum atomic E-state index is 5.38. The molecule has 0 saturated carbocycles. The summed E-state index contributed by atoms with van der Waals surface area (Å²) < 4.78 is 2.24. The fourth-order valence-electron chi connectivity index (χ4n) is 2.86. The highest BCUT2D eigenvalue weighted by molar-refractivity contribution is 7.80. The van der Waals surface area contributed by atoms with E-state index in [-0.39, 0.29) is 5.11 Å². The Labute approximate surface area is 140 Å². The molecule has 23 heavy (non-hydrogen) atoms. The van der Waals surface area contributed by atoms with Gasteiger partial charge in [0, 0.05) is 22.3 Å². The number of benzene rings is 2. The third-order valence-electron chi connectivity index (χ3n) is 3.86. The van der Waals surface area contributed by atoms with E-state index >= 15 is 0 Å². The normalized spacial score (nSPS) is 11.2. The quantitative estimate of drug-likeness (QED) is 0.441. The molecule has 0 aliphatic carbocycles. The van der Waals surface area contributed by atoms with Crippen molar-refractivity contribution in [3.63, 3.8) is 0 Å². The van der Waals surface area contributed by atoms with Crippen LogP contribution in [0.5, 0.6) is 0 Å². The van der Waals surface area contributed by atoms with E-state index in [9.17, 15) is 0 Å². The van der Waals surface area contributed by atoms with E-state index in [0.717, 1.165) is 17.0 Å². The lowest BCUT2D eigenvalue weighted by atomic mass is 10.1. The minimum Gasteiger partial charge on any atom is -0.375 e. The van der Waals surface area contributed by atoms with Crippen LogP contribution >= 0.6 is 12.2 Å². The molecule has 3 rings (SSSR count). The molecule has 3 N–H and O–H groups in total. The Morgan fingerprint density at radius 2 is 1.91 bits per heavy atom. The minimum atomic E-state index is 0.157. The first-order chi connectivity index (χ1) is 11.1. The summed E-state index contributed by atoms with van der Waals surface area (Å²) in [5, 5.41) is 6.66. The van der Waals surface area contributed by atoms with Gasteiger partial charge in [0.05, 0.1) is 11.9 Å². The Hall–Kier alpha value is -2.66. The number of nitrogens with zero attached hydrogens (tertiary/aromatic N) is 2. The Balaban J connectivity index is 2.11. The van der Waals surface area contributed by atoms with E-state index in [4.69, 9.17) is 18.0 Å². The van der Waals surface area contributed by atoms with E-state index in [2.05, 4.69) is 77.5 Å². The highest BCUT2D eigenvalue weighted by Gasteiger charge is 2.11. The predicted octanol–water partition coefficient (Wildman–Crippen LogP) is 3.41. The van der Waals surface area contributed by atoms with Crippen LogP contribution in [-0.2, 0) is 0 Å². The largest absolute Gasteiger partial charge is 0.375 e.